The Morgan fingerprint density at radius 2 is 1.33 bits per heavy atom. The molecule has 1 aliphatic heterocycles. The summed E-state index contributed by atoms with van der Waals surface area (Å²) in [6, 6.07) is 29.0. The summed E-state index contributed by atoms with van der Waals surface area (Å²) in [6.45, 7) is 4.60. The number of aromatic nitrogens is 2. The highest BCUT2D eigenvalue weighted by Gasteiger charge is 2.42. The highest BCUT2D eigenvalue weighted by molar-refractivity contribution is 7.92. The number of carbonyl (C=O) groups is 1. The fourth-order valence-electron chi connectivity index (χ4n) is 7.95. The lowest BCUT2D eigenvalue weighted by atomic mass is 9.78. The van der Waals surface area contributed by atoms with Crippen LogP contribution >= 0.6 is 0 Å². The van der Waals surface area contributed by atoms with E-state index in [2.05, 4.69) is 26.4 Å². The number of amides is 2. The van der Waals surface area contributed by atoms with Gasteiger partial charge in [0.05, 0.1) is 12.2 Å². The first-order valence-electron chi connectivity index (χ1n) is 16.8. The Hall–Kier alpha value is -4.73. The van der Waals surface area contributed by atoms with Gasteiger partial charge in [0.15, 0.2) is 9.92 Å². The number of fused-ring (bicyclic) bond motifs is 3. The Kier molecular flexibility index (Phi) is 7.69. The first-order valence-corrected chi connectivity index (χ1v) is 18.3. The van der Waals surface area contributed by atoms with Crippen LogP contribution in [0.3, 0.4) is 0 Å². The molecule has 2 aliphatic carbocycles. The number of carbonyl (C=O) groups excluding carboxylic acids is 1. The van der Waals surface area contributed by atoms with Gasteiger partial charge in [-0.1, -0.05) is 91.0 Å². The first-order chi connectivity index (χ1) is 23.4. The molecule has 3 aliphatic rings. The van der Waals surface area contributed by atoms with Crippen LogP contribution in [0, 0.1) is 6.92 Å². The number of nitrogens with one attached hydrogen (secondary N) is 2. The number of benzene rings is 4. The average Bonchev–Trinajstić information content (AvgIpc) is 3.93. The quantitative estimate of drug-likeness (QED) is 0.176. The van der Waals surface area contributed by atoms with E-state index in [-0.39, 0.29) is 10.9 Å². The Labute approximate surface area is 281 Å². The van der Waals surface area contributed by atoms with E-state index in [1.807, 2.05) is 97.9 Å². The Morgan fingerprint density at radius 1 is 0.833 bits per heavy atom. The molecular weight excluding hydrogens is 619 g/mol. The van der Waals surface area contributed by atoms with Crippen molar-refractivity contribution in [1.82, 2.24) is 14.5 Å². The zero-order valence-electron chi connectivity index (χ0n) is 27.2. The van der Waals surface area contributed by atoms with E-state index in [9.17, 15) is 4.79 Å². The van der Waals surface area contributed by atoms with Crippen molar-refractivity contribution in [3.63, 3.8) is 0 Å². The van der Waals surface area contributed by atoms with E-state index in [0.29, 0.717) is 12.5 Å². The number of anilines is 1. The average molecular weight is 658 g/mol. The molecule has 48 heavy (non-hydrogen) atoms. The molecule has 0 unspecified atom stereocenters. The molecule has 8 nitrogen and oxygen atoms in total. The SMILES string of the molecule is Cc1c2c(c(NC(=O)N=[S@@](=O)(NC(c3ccccc3)(c3ccccc3)c3ccccc3)c3cnn4c3OC[C@H]4C)c3c1CCC3)CCC2. The molecule has 244 valence electrons. The van der Waals surface area contributed by atoms with Crippen molar-refractivity contribution in [1.29, 1.82) is 0 Å². The molecule has 0 fully saturated rings. The summed E-state index contributed by atoms with van der Waals surface area (Å²) in [5.74, 6) is 0.358. The maximum absolute atomic E-state index is 15.9. The van der Waals surface area contributed by atoms with Crippen molar-refractivity contribution in [3.8, 4) is 5.88 Å². The summed E-state index contributed by atoms with van der Waals surface area (Å²) in [7, 11) is -3.78. The van der Waals surface area contributed by atoms with Gasteiger partial charge in [-0.15, -0.1) is 4.36 Å². The lowest BCUT2D eigenvalue weighted by Gasteiger charge is -2.37. The highest BCUT2D eigenvalue weighted by atomic mass is 32.2. The van der Waals surface area contributed by atoms with Crippen molar-refractivity contribution < 1.29 is 13.7 Å². The molecule has 1 aromatic heterocycles. The maximum Gasteiger partial charge on any atom is 0.354 e. The molecule has 2 N–H and O–H groups in total. The van der Waals surface area contributed by atoms with Gasteiger partial charge in [-0.2, -0.15) is 5.10 Å². The molecule has 4 aromatic carbocycles. The number of hydrogen-bond donors (Lipinski definition) is 2. The number of rotatable bonds is 7. The summed E-state index contributed by atoms with van der Waals surface area (Å²) in [5, 5.41) is 7.74. The van der Waals surface area contributed by atoms with E-state index in [4.69, 9.17) is 4.74 Å². The predicted octanol–water partition coefficient (Wildman–Crippen LogP) is 7.68. The van der Waals surface area contributed by atoms with Gasteiger partial charge in [-0.05, 0) is 96.9 Å². The van der Waals surface area contributed by atoms with Gasteiger partial charge < -0.3 is 10.1 Å². The second-order valence-electron chi connectivity index (χ2n) is 13.0. The second-order valence-corrected chi connectivity index (χ2v) is 14.9. The van der Waals surface area contributed by atoms with E-state index in [1.165, 1.54) is 34.0 Å². The molecular formula is C39H39N5O3S. The molecule has 0 spiro atoms. The predicted molar refractivity (Wildman–Crippen MR) is 188 cm³/mol. The van der Waals surface area contributed by atoms with Crippen molar-refractivity contribution in [2.24, 2.45) is 4.36 Å². The van der Waals surface area contributed by atoms with E-state index in [0.717, 1.165) is 60.9 Å². The van der Waals surface area contributed by atoms with Gasteiger partial charge >= 0.3 is 6.03 Å². The van der Waals surface area contributed by atoms with Crippen molar-refractivity contribution in [2.75, 3.05) is 11.9 Å². The molecule has 2 atom stereocenters. The summed E-state index contributed by atoms with van der Waals surface area (Å²) >= 11 is 0. The summed E-state index contributed by atoms with van der Waals surface area (Å²) in [4.78, 5) is 14.5. The lowest BCUT2D eigenvalue weighted by molar-refractivity contribution is 0.260. The third kappa shape index (κ3) is 4.95. The Balaban J connectivity index is 1.34. The van der Waals surface area contributed by atoms with Crippen molar-refractivity contribution in [3.05, 3.63) is 142 Å². The number of ether oxygens (including phenoxy) is 1. The van der Waals surface area contributed by atoms with Crippen LogP contribution in [-0.2, 0) is 41.1 Å². The second kappa shape index (κ2) is 12.1. The monoisotopic (exact) mass is 657 g/mol. The van der Waals surface area contributed by atoms with E-state index >= 15 is 4.21 Å². The van der Waals surface area contributed by atoms with E-state index < -0.39 is 21.5 Å². The molecule has 0 radical (unpaired) electrons. The van der Waals surface area contributed by atoms with E-state index in [1.54, 1.807) is 4.68 Å². The molecule has 8 rings (SSSR count). The molecule has 2 amide bonds. The third-order valence-corrected chi connectivity index (χ3v) is 12.1. The van der Waals surface area contributed by atoms with Crippen LogP contribution in [0.4, 0.5) is 10.5 Å². The standard InChI is InChI=1S/C39H39N5O3S/c1-26-25-47-37-35(24-40-44(26)37)48(46,42-38(45)41-36-33-22-12-20-31(33)27(2)32-21-13-23-34(32)36)43-39(28-14-6-3-7-15-28,29-16-8-4-9-17-29)30-18-10-5-11-19-30/h3-11,14-19,24,26H,12-13,20-23,25H2,1-2H3,(H2,41,42,43,45,46)/t26-,48-/m1/s1. The van der Waals surface area contributed by atoms with Crippen molar-refractivity contribution >= 4 is 21.6 Å². The van der Waals surface area contributed by atoms with Gasteiger partial charge in [-0.3, -0.25) is 0 Å². The molecule has 9 heteroatoms. The summed E-state index contributed by atoms with van der Waals surface area (Å²) in [6.07, 6.45) is 7.50. The molecule has 0 saturated carbocycles. The molecule has 2 heterocycles. The van der Waals surface area contributed by atoms with Gasteiger partial charge in [0.2, 0.25) is 5.88 Å². The summed E-state index contributed by atoms with van der Waals surface area (Å²) in [5.41, 5.74) is 8.69. The number of nitrogens with zero attached hydrogens (tertiary/aromatic N) is 3. The minimum absolute atomic E-state index is 0.0499. The zero-order valence-corrected chi connectivity index (χ0v) is 28.1. The Bertz CT molecular complexity index is 2010. The van der Waals surface area contributed by atoms with Crippen LogP contribution in [0.25, 0.3) is 0 Å². The van der Waals surface area contributed by atoms with Crippen LogP contribution in [-0.4, -0.2) is 26.6 Å². The molecule has 5 aromatic rings. The topological polar surface area (TPSA) is 97.6 Å². The normalized spacial score (nSPS) is 17.6. The smallest absolute Gasteiger partial charge is 0.354 e. The summed E-state index contributed by atoms with van der Waals surface area (Å²) < 4.78 is 31.9. The van der Waals surface area contributed by atoms with Crippen LogP contribution < -0.4 is 14.8 Å². The number of urea groups is 1. The largest absolute Gasteiger partial charge is 0.475 e. The van der Waals surface area contributed by atoms with Crippen molar-refractivity contribution in [2.45, 2.75) is 68.8 Å². The fraction of sp³-hybridized carbons (Fsp3) is 0.282. The molecule has 0 bridgehead atoms. The molecule has 0 saturated heterocycles. The first kappa shape index (κ1) is 30.6. The Morgan fingerprint density at radius 3 is 1.85 bits per heavy atom. The highest BCUT2D eigenvalue weighted by Crippen LogP contribution is 2.43. The van der Waals surface area contributed by atoms with Crippen LogP contribution in [0.2, 0.25) is 0 Å². The van der Waals surface area contributed by atoms with Crippen LogP contribution in [0.15, 0.2) is 106 Å². The zero-order chi connectivity index (χ0) is 32.9. The van der Waals surface area contributed by atoms with Crippen LogP contribution in [0.1, 0.15) is 70.3 Å². The fourth-order valence-corrected chi connectivity index (χ4v) is 9.83. The van der Waals surface area contributed by atoms with Gasteiger partial charge in [-0.25, -0.2) is 18.4 Å². The van der Waals surface area contributed by atoms with Crippen LogP contribution in [0.5, 0.6) is 5.88 Å². The lowest BCUT2D eigenvalue weighted by Crippen LogP contribution is -2.48. The third-order valence-electron chi connectivity index (χ3n) is 10.2. The van der Waals surface area contributed by atoms with Gasteiger partial charge in [0, 0.05) is 5.69 Å². The van der Waals surface area contributed by atoms with Gasteiger partial charge in [0.25, 0.3) is 0 Å². The van der Waals surface area contributed by atoms with Gasteiger partial charge in [0.1, 0.15) is 17.0 Å². The number of hydrogen-bond acceptors (Lipinski definition) is 4. The minimum atomic E-state index is -3.78. The maximum atomic E-state index is 15.9. The minimum Gasteiger partial charge on any atom is -0.475 e.